The fourth-order valence-electron chi connectivity index (χ4n) is 2.94. The number of nitrogens with zero attached hydrogens (tertiary/aromatic N) is 1. The number of hydrogen-bond acceptors (Lipinski definition) is 4. The Morgan fingerprint density at radius 1 is 1.15 bits per heavy atom. The predicted octanol–water partition coefficient (Wildman–Crippen LogP) is 1.31. The summed E-state index contributed by atoms with van der Waals surface area (Å²) >= 11 is 0. The van der Waals surface area contributed by atoms with Gasteiger partial charge in [0.1, 0.15) is 0 Å². The van der Waals surface area contributed by atoms with E-state index in [1.165, 1.54) is 24.2 Å². The van der Waals surface area contributed by atoms with Gasteiger partial charge in [-0.05, 0) is 17.5 Å². The molecule has 5 heteroatoms. The van der Waals surface area contributed by atoms with Crippen LogP contribution in [0.2, 0.25) is 0 Å². The van der Waals surface area contributed by atoms with Crippen LogP contribution >= 0.6 is 0 Å². The van der Waals surface area contributed by atoms with Crippen molar-refractivity contribution in [3.8, 4) is 0 Å². The Balaban J connectivity index is 2.01. The first kappa shape index (κ1) is 12.6. The number of carbonyl (C=O) groups excluding carboxylic acids is 3. The number of methoxy groups -OCH3 is 1. The topological polar surface area (TPSA) is 63.7 Å². The molecule has 1 aromatic rings. The number of rotatable bonds is 2. The normalized spacial score (nSPS) is 24.1. The number of imide groups is 1. The second-order valence-electron chi connectivity index (χ2n) is 4.84. The molecule has 2 aliphatic rings. The van der Waals surface area contributed by atoms with Gasteiger partial charge in [-0.1, -0.05) is 24.3 Å². The summed E-state index contributed by atoms with van der Waals surface area (Å²) in [5.41, 5.74) is 1.67. The summed E-state index contributed by atoms with van der Waals surface area (Å²) in [6, 6.07) is 6.97. The number of carbonyl (C=O) groups is 3. The number of hydrogen-bond donors (Lipinski definition) is 0. The van der Waals surface area contributed by atoms with Crippen LogP contribution in [-0.2, 0) is 19.1 Å². The Morgan fingerprint density at radius 3 is 2.35 bits per heavy atom. The van der Waals surface area contributed by atoms with Crippen molar-refractivity contribution < 1.29 is 19.1 Å². The maximum absolute atomic E-state index is 11.9. The van der Waals surface area contributed by atoms with E-state index < -0.39 is 12.0 Å². The van der Waals surface area contributed by atoms with E-state index in [9.17, 15) is 14.4 Å². The van der Waals surface area contributed by atoms with E-state index in [0.717, 1.165) is 11.1 Å². The molecule has 0 fully saturated rings. The first-order chi connectivity index (χ1) is 9.63. The average Bonchev–Trinajstić information content (AvgIpc) is 2.99. The quantitative estimate of drug-likeness (QED) is 0.601. The Morgan fingerprint density at radius 2 is 1.75 bits per heavy atom. The smallest absolute Gasteiger partial charge is 0.313 e. The van der Waals surface area contributed by atoms with E-state index in [1.54, 1.807) is 0 Å². The summed E-state index contributed by atoms with van der Waals surface area (Å²) < 4.78 is 4.81. The van der Waals surface area contributed by atoms with E-state index in [2.05, 4.69) is 0 Å². The molecular weight excluding hydrogens is 258 g/mol. The van der Waals surface area contributed by atoms with Gasteiger partial charge in [-0.25, -0.2) is 0 Å². The largest absolute Gasteiger partial charge is 0.469 e. The molecule has 5 nitrogen and oxygen atoms in total. The zero-order valence-corrected chi connectivity index (χ0v) is 10.9. The van der Waals surface area contributed by atoms with E-state index in [-0.39, 0.29) is 17.8 Å². The van der Waals surface area contributed by atoms with E-state index in [0.29, 0.717) is 6.42 Å². The molecule has 2 atom stereocenters. The molecule has 0 spiro atoms. The van der Waals surface area contributed by atoms with Crippen molar-refractivity contribution in [1.82, 2.24) is 4.90 Å². The van der Waals surface area contributed by atoms with Gasteiger partial charge < -0.3 is 4.74 Å². The van der Waals surface area contributed by atoms with Crippen molar-refractivity contribution in [1.29, 1.82) is 0 Å². The molecule has 3 rings (SSSR count). The van der Waals surface area contributed by atoms with Crippen molar-refractivity contribution in [3.05, 3.63) is 47.5 Å². The number of amides is 2. The Kier molecular flexibility index (Phi) is 2.89. The van der Waals surface area contributed by atoms with Crippen molar-refractivity contribution in [2.75, 3.05) is 7.11 Å². The monoisotopic (exact) mass is 271 g/mol. The predicted molar refractivity (Wildman–Crippen MR) is 69.6 cm³/mol. The lowest BCUT2D eigenvalue weighted by molar-refractivity contribution is -0.145. The fourth-order valence-corrected chi connectivity index (χ4v) is 2.94. The fraction of sp³-hybridized carbons (Fsp3) is 0.267. The van der Waals surface area contributed by atoms with Crippen molar-refractivity contribution in [2.45, 2.75) is 18.4 Å². The van der Waals surface area contributed by atoms with Gasteiger partial charge in [0.15, 0.2) is 0 Å². The van der Waals surface area contributed by atoms with Crippen LogP contribution in [0.25, 0.3) is 0 Å². The van der Waals surface area contributed by atoms with Crippen LogP contribution in [-0.4, -0.2) is 29.8 Å². The molecule has 1 aromatic carbocycles. The van der Waals surface area contributed by atoms with Crippen LogP contribution in [0.3, 0.4) is 0 Å². The van der Waals surface area contributed by atoms with Gasteiger partial charge in [0.25, 0.3) is 11.8 Å². The number of benzene rings is 1. The van der Waals surface area contributed by atoms with Gasteiger partial charge in [0.05, 0.1) is 19.1 Å². The minimum Gasteiger partial charge on any atom is -0.469 e. The Bertz CT molecular complexity index is 617. The molecule has 1 heterocycles. The second-order valence-corrected chi connectivity index (χ2v) is 4.84. The van der Waals surface area contributed by atoms with Crippen LogP contribution in [0.4, 0.5) is 0 Å². The molecule has 0 saturated heterocycles. The van der Waals surface area contributed by atoms with Gasteiger partial charge in [-0.3, -0.25) is 19.3 Å². The molecule has 0 aromatic heterocycles. The third-order valence-electron chi connectivity index (χ3n) is 3.83. The molecule has 0 radical (unpaired) electrons. The molecule has 0 N–H and O–H groups in total. The van der Waals surface area contributed by atoms with Crippen LogP contribution in [0, 0.1) is 0 Å². The lowest BCUT2D eigenvalue weighted by atomic mass is 10.0. The third kappa shape index (κ3) is 1.74. The summed E-state index contributed by atoms with van der Waals surface area (Å²) in [7, 11) is 1.34. The van der Waals surface area contributed by atoms with Crippen LogP contribution in [0.5, 0.6) is 0 Å². The minimum absolute atomic E-state index is 0.333. The molecule has 0 bridgehead atoms. The lowest BCUT2D eigenvalue weighted by Crippen LogP contribution is -2.33. The number of ether oxygens (including phenoxy) is 1. The molecular formula is C15H13NO4. The molecule has 102 valence electrons. The summed E-state index contributed by atoms with van der Waals surface area (Å²) in [6.07, 6.45) is 2.90. The molecule has 2 amide bonds. The highest BCUT2D eigenvalue weighted by molar-refractivity contribution is 6.13. The van der Waals surface area contributed by atoms with Crippen molar-refractivity contribution in [3.63, 3.8) is 0 Å². The van der Waals surface area contributed by atoms with Gasteiger partial charge in [0.2, 0.25) is 0 Å². The molecule has 0 unspecified atom stereocenters. The van der Waals surface area contributed by atoms with Crippen LogP contribution in [0.15, 0.2) is 36.4 Å². The summed E-state index contributed by atoms with van der Waals surface area (Å²) in [5.74, 6) is -1.44. The van der Waals surface area contributed by atoms with Gasteiger partial charge in [-0.15, -0.1) is 0 Å². The molecule has 1 aliphatic heterocycles. The van der Waals surface area contributed by atoms with Crippen molar-refractivity contribution in [2.24, 2.45) is 0 Å². The Labute approximate surface area is 115 Å². The summed E-state index contributed by atoms with van der Waals surface area (Å²) in [5, 5.41) is 0. The molecule has 0 saturated carbocycles. The lowest BCUT2D eigenvalue weighted by Gasteiger charge is -2.22. The first-order valence-electron chi connectivity index (χ1n) is 6.35. The van der Waals surface area contributed by atoms with E-state index in [1.807, 2.05) is 24.3 Å². The van der Waals surface area contributed by atoms with E-state index >= 15 is 0 Å². The second kappa shape index (κ2) is 4.59. The van der Waals surface area contributed by atoms with Crippen LogP contribution in [0.1, 0.15) is 29.5 Å². The molecule has 1 aliphatic carbocycles. The first-order valence-corrected chi connectivity index (χ1v) is 6.35. The SMILES string of the molecule is COC(=O)[C@H]1C[C@H](N2C(=O)C=CC2=O)c2ccccc21. The number of fused-ring (bicyclic) bond motifs is 1. The van der Waals surface area contributed by atoms with Crippen molar-refractivity contribution >= 4 is 17.8 Å². The number of esters is 1. The van der Waals surface area contributed by atoms with E-state index in [4.69, 9.17) is 4.74 Å². The zero-order chi connectivity index (χ0) is 14.3. The maximum atomic E-state index is 11.9. The minimum atomic E-state index is -0.428. The standard InChI is InChI=1S/C15H13NO4/c1-20-15(19)11-8-12(10-5-3-2-4-9(10)11)16-13(17)6-7-14(16)18/h2-7,11-12H,8H2,1H3/t11-,12-/m0/s1. The third-order valence-corrected chi connectivity index (χ3v) is 3.83. The van der Waals surface area contributed by atoms with Crippen LogP contribution < -0.4 is 0 Å². The maximum Gasteiger partial charge on any atom is 0.313 e. The van der Waals surface area contributed by atoms with Gasteiger partial charge >= 0.3 is 5.97 Å². The highest BCUT2D eigenvalue weighted by Crippen LogP contribution is 2.44. The zero-order valence-electron chi connectivity index (χ0n) is 10.9. The summed E-state index contributed by atoms with van der Waals surface area (Å²) in [4.78, 5) is 36.7. The average molecular weight is 271 g/mol. The summed E-state index contributed by atoms with van der Waals surface area (Å²) in [6.45, 7) is 0. The Hall–Kier alpha value is -2.43. The highest BCUT2D eigenvalue weighted by Gasteiger charge is 2.42. The highest BCUT2D eigenvalue weighted by atomic mass is 16.5. The van der Waals surface area contributed by atoms with Gasteiger partial charge in [-0.2, -0.15) is 0 Å². The van der Waals surface area contributed by atoms with Gasteiger partial charge in [0, 0.05) is 12.2 Å². The molecule has 20 heavy (non-hydrogen) atoms.